The van der Waals surface area contributed by atoms with Gasteiger partial charge in [0.05, 0.1) is 6.42 Å². The maximum atomic E-state index is 12.3. The normalized spacial score (nSPS) is 17.8. The summed E-state index contributed by atoms with van der Waals surface area (Å²) < 4.78 is 10.4. The SMILES string of the molecule is CCC(=O)O[C@@H](OC(=O)N[C@@H](CC[C@H](C)CCC1CCCCC1)CC(=O)O)C(C)C. The minimum absolute atomic E-state index is 0.161. The van der Waals surface area contributed by atoms with E-state index in [1.807, 2.05) is 0 Å². The summed E-state index contributed by atoms with van der Waals surface area (Å²) in [5, 5.41) is 11.8. The number of nitrogens with one attached hydrogen (secondary N) is 1. The highest BCUT2D eigenvalue weighted by Crippen LogP contribution is 2.29. The van der Waals surface area contributed by atoms with Crippen molar-refractivity contribution in [3.63, 3.8) is 0 Å². The first-order chi connectivity index (χ1) is 14.2. The van der Waals surface area contributed by atoms with Crippen molar-refractivity contribution in [3.05, 3.63) is 0 Å². The van der Waals surface area contributed by atoms with Gasteiger partial charge in [0, 0.05) is 18.4 Å². The molecule has 0 radical (unpaired) electrons. The first-order valence-electron chi connectivity index (χ1n) is 11.6. The van der Waals surface area contributed by atoms with Crippen LogP contribution in [0.2, 0.25) is 0 Å². The summed E-state index contributed by atoms with van der Waals surface area (Å²) >= 11 is 0. The molecule has 174 valence electrons. The average Bonchev–Trinajstić information content (AvgIpc) is 2.70. The summed E-state index contributed by atoms with van der Waals surface area (Å²) in [6.45, 7) is 7.42. The standard InChI is InChI=1S/C23H41NO6/c1-5-21(27)29-22(16(2)3)30-23(28)24-19(15-20(25)26)14-12-17(4)11-13-18-9-7-6-8-10-18/h16-19,22H,5-15H2,1-4H3,(H,24,28)(H,25,26)/t17-,19+,22+/m1/s1. The number of hydrogen-bond donors (Lipinski definition) is 2. The van der Waals surface area contributed by atoms with Crippen LogP contribution in [0.5, 0.6) is 0 Å². The Morgan fingerprint density at radius 2 is 1.67 bits per heavy atom. The molecule has 0 spiro atoms. The first-order valence-corrected chi connectivity index (χ1v) is 11.6. The van der Waals surface area contributed by atoms with Gasteiger partial charge in [-0.3, -0.25) is 9.59 Å². The summed E-state index contributed by atoms with van der Waals surface area (Å²) in [5.74, 6) is -0.301. The molecule has 1 rings (SSSR count). The number of hydrogen-bond acceptors (Lipinski definition) is 5. The molecule has 1 saturated carbocycles. The number of ether oxygens (including phenoxy) is 2. The van der Waals surface area contributed by atoms with Gasteiger partial charge in [-0.25, -0.2) is 4.79 Å². The minimum atomic E-state index is -0.989. The Morgan fingerprint density at radius 3 is 2.23 bits per heavy atom. The Morgan fingerprint density at radius 1 is 1.00 bits per heavy atom. The fourth-order valence-corrected chi connectivity index (χ4v) is 3.88. The maximum Gasteiger partial charge on any atom is 0.410 e. The zero-order chi connectivity index (χ0) is 22.5. The van der Waals surface area contributed by atoms with Crippen molar-refractivity contribution >= 4 is 18.0 Å². The number of alkyl carbamates (subject to hydrolysis) is 1. The van der Waals surface area contributed by atoms with E-state index in [2.05, 4.69) is 12.2 Å². The van der Waals surface area contributed by atoms with E-state index in [0.29, 0.717) is 12.3 Å². The average molecular weight is 428 g/mol. The van der Waals surface area contributed by atoms with Gasteiger partial charge >= 0.3 is 18.0 Å². The lowest BCUT2D eigenvalue weighted by Crippen LogP contribution is -2.40. The van der Waals surface area contributed by atoms with Crippen LogP contribution in [0.3, 0.4) is 0 Å². The smallest absolute Gasteiger partial charge is 0.410 e. The van der Waals surface area contributed by atoms with Crippen molar-refractivity contribution in [3.8, 4) is 0 Å². The number of carboxylic acids is 1. The zero-order valence-corrected chi connectivity index (χ0v) is 19.2. The minimum Gasteiger partial charge on any atom is -0.481 e. The van der Waals surface area contributed by atoms with Crippen LogP contribution in [0.25, 0.3) is 0 Å². The highest BCUT2D eigenvalue weighted by Gasteiger charge is 2.25. The largest absolute Gasteiger partial charge is 0.481 e. The van der Waals surface area contributed by atoms with Crippen molar-refractivity contribution in [1.29, 1.82) is 0 Å². The highest BCUT2D eigenvalue weighted by molar-refractivity contribution is 5.72. The number of amides is 1. The quantitative estimate of drug-likeness (QED) is 0.307. The van der Waals surface area contributed by atoms with Crippen molar-refractivity contribution < 1.29 is 29.0 Å². The van der Waals surface area contributed by atoms with E-state index >= 15 is 0 Å². The van der Waals surface area contributed by atoms with Gasteiger partial charge < -0.3 is 19.9 Å². The molecule has 0 aromatic heterocycles. The highest BCUT2D eigenvalue weighted by atomic mass is 16.7. The number of carbonyl (C=O) groups excluding carboxylic acids is 2. The van der Waals surface area contributed by atoms with Gasteiger partial charge in [0.2, 0.25) is 0 Å². The molecule has 1 aliphatic rings. The molecule has 30 heavy (non-hydrogen) atoms. The van der Waals surface area contributed by atoms with Crippen molar-refractivity contribution in [2.24, 2.45) is 17.8 Å². The third kappa shape index (κ3) is 11.4. The van der Waals surface area contributed by atoms with E-state index in [-0.39, 0.29) is 18.8 Å². The summed E-state index contributed by atoms with van der Waals surface area (Å²) in [6.07, 6.45) is 8.81. The number of esters is 1. The lowest BCUT2D eigenvalue weighted by molar-refractivity contribution is -0.174. The van der Waals surface area contributed by atoms with Crippen LogP contribution < -0.4 is 5.32 Å². The molecule has 0 saturated heterocycles. The Labute approximate surface area is 181 Å². The molecule has 0 heterocycles. The molecule has 0 unspecified atom stereocenters. The zero-order valence-electron chi connectivity index (χ0n) is 19.2. The maximum absolute atomic E-state index is 12.3. The number of carbonyl (C=O) groups is 3. The first kappa shape index (κ1) is 26.2. The molecule has 3 atom stereocenters. The molecular formula is C23H41NO6. The summed E-state index contributed by atoms with van der Waals surface area (Å²) in [7, 11) is 0. The summed E-state index contributed by atoms with van der Waals surface area (Å²) in [6, 6.07) is -0.512. The molecule has 1 aliphatic carbocycles. The molecule has 0 bridgehead atoms. The van der Waals surface area contributed by atoms with Gasteiger partial charge in [0.15, 0.2) is 0 Å². The Hall–Kier alpha value is -1.79. The Balaban J connectivity index is 2.47. The monoisotopic (exact) mass is 427 g/mol. The molecule has 1 amide bonds. The van der Waals surface area contributed by atoms with Gasteiger partial charge in [0.1, 0.15) is 0 Å². The fraction of sp³-hybridized carbons (Fsp3) is 0.870. The van der Waals surface area contributed by atoms with E-state index in [1.165, 1.54) is 38.5 Å². The van der Waals surface area contributed by atoms with Gasteiger partial charge in [0.25, 0.3) is 6.29 Å². The van der Waals surface area contributed by atoms with E-state index in [9.17, 15) is 19.5 Å². The van der Waals surface area contributed by atoms with Crippen LogP contribution in [-0.2, 0) is 19.1 Å². The van der Waals surface area contributed by atoms with E-state index < -0.39 is 30.4 Å². The molecule has 7 nitrogen and oxygen atoms in total. The molecule has 7 heteroatoms. The van der Waals surface area contributed by atoms with Crippen LogP contribution in [0.15, 0.2) is 0 Å². The second kappa shape index (κ2) is 14.3. The molecule has 1 fully saturated rings. The third-order valence-electron chi connectivity index (χ3n) is 5.85. The van der Waals surface area contributed by atoms with Crippen LogP contribution in [-0.4, -0.2) is 35.5 Å². The van der Waals surface area contributed by atoms with Gasteiger partial charge in [-0.2, -0.15) is 0 Å². The predicted octanol–water partition coefficient (Wildman–Crippen LogP) is 5.27. The van der Waals surface area contributed by atoms with Crippen molar-refractivity contribution in [2.75, 3.05) is 0 Å². The second-order valence-electron chi connectivity index (χ2n) is 9.06. The van der Waals surface area contributed by atoms with Gasteiger partial charge in [-0.1, -0.05) is 72.6 Å². The Bertz CT molecular complexity index is 530. The topological polar surface area (TPSA) is 102 Å². The van der Waals surface area contributed by atoms with Crippen molar-refractivity contribution in [1.82, 2.24) is 5.32 Å². The van der Waals surface area contributed by atoms with Crippen LogP contribution in [0.4, 0.5) is 4.79 Å². The summed E-state index contributed by atoms with van der Waals surface area (Å²) in [4.78, 5) is 35.0. The second-order valence-corrected chi connectivity index (χ2v) is 9.06. The van der Waals surface area contributed by atoms with E-state index in [0.717, 1.165) is 18.8 Å². The fourth-order valence-electron chi connectivity index (χ4n) is 3.88. The van der Waals surface area contributed by atoms with Gasteiger partial charge in [-0.05, 0) is 24.7 Å². The number of aliphatic carboxylic acids is 1. The molecule has 0 aromatic rings. The molecule has 2 N–H and O–H groups in total. The van der Waals surface area contributed by atoms with Crippen molar-refractivity contribution in [2.45, 2.75) is 111 Å². The number of rotatable bonds is 13. The van der Waals surface area contributed by atoms with E-state index in [1.54, 1.807) is 20.8 Å². The lowest BCUT2D eigenvalue weighted by atomic mass is 9.83. The van der Waals surface area contributed by atoms with Crippen LogP contribution in [0, 0.1) is 17.8 Å². The predicted molar refractivity (Wildman–Crippen MR) is 115 cm³/mol. The Kier molecular flexibility index (Phi) is 12.5. The molecule has 0 aliphatic heterocycles. The van der Waals surface area contributed by atoms with Crippen LogP contribution in [0.1, 0.15) is 98.3 Å². The lowest BCUT2D eigenvalue weighted by Gasteiger charge is -2.25. The third-order valence-corrected chi connectivity index (χ3v) is 5.85. The van der Waals surface area contributed by atoms with E-state index in [4.69, 9.17) is 9.47 Å². The summed E-state index contributed by atoms with van der Waals surface area (Å²) in [5.41, 5.74) is 0. The molecule has 0 aromatic carbocycles. The number of carboxylic acid groups (broad SMARTS) is 1. The van der Waals surface area contributed by atoms with Crippen LogP contribution >= 0.6 is 0 Å². The molecular weight excluding hydrogens is 386 g/mol. The van der Waals surface area contributed by atoms with Gasteiger partial charge in [-0.15, -0.1) is 0 Å².